The van der Waals surface area contributed by atoms with Gasteiger partial charge in [0.2, 0.25) is 10.0 Å². The van der Waals surface area contributed by atoms with Crippen LogP contribution in [-0.4, -0.2) is 24.7 Å². The Kier molecular flexibility index (Phi) is 3.91. The summed E-state index contributed by atoms with van der Waals surface area (Å²) in [6, 6.07) is -0.0652. The molecule has 6 nitrogen and oxygen atoms in total. The van der Waals surface area contributed by atoms with Crippen molar-refractivity contribution in [2.24, 2.45) is 5.92 Å². The van der Waals surface area contributed by atoms with Crippen molar-refractivity contribution in [1.82, 2.24) is 14.9 Å². The van der Waals surface area contributed by atoms with Crippen molar-refractivity contribution in [1.29, 1.82) is 0 Å². The van der Waals surface area contributed by atoms with Crippen molar-refractivity contribution >= 4 is 15.8 Å². The van der Waals surface area contributed by atoms with Crippen molar-refractivity contribution in [3.63, 3.8) is 0 Å². The van der Waals surface area contributed by atoms with Gasteiger partial charge in [-0.1, -0.05) is 19.3 Å². The highest BCUT2D eigenvalue weighted by atomic mass is 32.2. The molecule has 1 aromatic rings. The van der Waals surface area contributed by atoms with Gasteiger partial charge >= 0.3 is 0 Å². The van der Waals surface area contributed by atoms with Crippen LogP contribution in [0.15, 0.2) is 11.1 Å². The molecule has 1 aliphatic rings. The van der Waals surface area contributed by atoms with Crippen molar-refractivity contribution < 1.29 is 8.42 Å². The highest BCUT2D eigenvalue weighted by Gasteiger charge is 2.26. The van der Waals surface area contributed by atoms with E-state index in [9.17, 15) is 8.42 Å². The Morgan fingerprint density at radius 3 is 2.67 bits per heavy atom. The number of nitrogen functional groups attached to an aromatic ring is 1. The van der Waals surface area contributed by atoms with Gasteiger partial charge < -0.3 is 5.73 Å². The molecule has 1 aromatic heterocycles. The number of anilines is 1. The lowest BCUT2D eigenvalue weighted by Crippen LogP contribution is -2.38. The lowest BCUT2D eigenvalue weighted by atomic mass is 9.85. The molecule has 1 saturated carbocycles. The van der Waals surface area contributed by atoms with Crippen molar-refractivity contribution in [2.75, 3.05) is 5.73 Å². The van der Waals surface area contributed by atoms with Crippen LogP contribution in [0.5, 0.6) is 0 Å². The first kappa shape index (κ1) is 13.4. The molecule has 1 fully saturated rings. The molecule has 0 bridgehead atoms. The molecule has 0 aliphatic heterocycles. The van der Waals surface area contributed by atoms with Crippen molar-refractivity contribution in [3.8, 4) is 0 Å². The van der Waals surface area contributed by atoms with Crippen LogP contribution in [0.3, 0.4) is 0 Å². The molecule has 0 aromatic carbocycles. The number of nitrogens with zero attached hydrogens (tertiary/aromatic N) is 1. The molecule has 0 amide bonds. The van der Waals surface area contributed by atoms with Crippen LogP contribution in [-0.2, 0) is 10.0 Å². The third-order valence-electron chi connectivity index (χ3n) is 3.62. The number of rotatable bonds is 4. The Bertz CT molecular complexity index is 491. The average Bonchev–Trinajstić information content (AvgIpc) is 2.77. The first-order valence-corrected chi connectivity index (χ1v) is 7.80. The maximum atomic E-state index is 12.1. The van der Waals surface area contributed by atoms with Gasteiger partial charge in [0.15, 0.2) is 0 Å². The fourth-order valence-corrected chi connectivity index (χ4v) is 3.87. The maximum absolute atomic E-state index is 12.1. The first-order chi connectivity index (χ1) is 8.50. The fraction of sp³-hybridized carbons (Fsp3) is 0.727. The molecule has 18 heavy (non-hydrogen) atoms. The number of sulfonamides is 1. The lowest BCUT2D eigenvalue weighted by Gasteiger charge is -2.27. The van der Waals surface area contributed by atoms with Gasteiger partial charge in [0.25, 0.3) is 0 Å². The Hall–Kier alpha value is -1.08. The Morgan fingerprint density at radius 1 is 1.44 bits per heavy atom. The number of H-pyrrole nitrogens is 1. The van der Waals surface area contributed by atoms with E-state index in [1.165, 1.54) is 25.5 Å². The number of hydrogen-bond donors (Lipinski definition) is 3. The van der Waals surface area contributed by atoms with Gasteiger partial charge in [-0.25, -0.2) is 13.1 Å². The van der Waals surface area contributed by atoms with E-state index in [-0.39, 0.29) is 16.8 Å². The summed E-state index contributed by atoms with van der Waals surface area (Å²) in [4.78, 5) is 0.0326. The van der Waals surface area contributed by atoms with Gasteiger partial charge in [-0.3, -0.25) is 5.10 Å². The van der Waals surface area contributed by atoms with Gasteiger partial charge in [0.05, 0.1) is 6.20 Å². The van der Waals surface area contributed by atoms with Crippen LogP contribution >= 0.6 is 0 Å². The van der Waals surface area contributed by atoms with Crippen LogP contribution in [0.4, 0.5) is 5.82 Å². The molecule has 1 aliphatic carbocycles. The van der Waals surface area contributed by atoms with Crippen LogP contribution in [0.25, 0.3) is 0 Å². The molecular weight excluding hydrogens is 252 g/mol. The number of aromatic amines is 1. The number of nitrogens with two attached hydrogens (primary N) is 1. The topological polar surface area (TPSA) is 101 Å². The minimum absolute atomic E-state index is 0.0326. The standard InChI is InChI=1S/C11H20N4O2S/c1-8(9-5-3-2-4-6-9)15-18(16,17)10-7-13-14-11(10)12/h7-9,15H,2-6H2,1H3,(H3,12,13,14). The van der Waals surface area contributed by atoms with E-state index >= 15 is 0 Å². The SMILES string of the molecule is CC(NS(=O)(=O)c1cn[nH]c1N)C1CCCCC1. The zero-order chi connectivity index (χ0) is 13.2. The summed E-state index contributed by atoms with van der Waals surface area (Å²) in [6.45, 7) is 1.92. The molecule has 0 saturated heterocycles. The van der Waals surface area contributed by atoms with Gasteiger partial charge in [-0.15, -0.1) is 0 Å². The third-order valence-corrected chi connectivity index (χ3v) is 5.21. The molecule has 1 heterocycles. The second-order valence-electron chi connectivity index (χ2n) is 4.96. The van der Waals surface area contributed by atoms with Crippen molar-refractivity contribution in [3.05, 3.63) is 6.20 Å². The van der Waals surface area contributed by atoms with Crippen molar-refractivity contribution in [2.45, 2.75) is 50.0 Å². The summed E-state index contributed by atoms with van der Waals surface area (Å²) in [5.41, 5.74) is 5.54. The van der Waals surface area contributed by atoms with Crippen LogP contribution < -0.4 is 10.5 Å². The minimum Gasteiger partial charge on any atom is -0.383 e. The minimum atomic E-state index is -3.56. The quantitative estimate of drug-likeness (QED) is 0.767. The number of aromatic nitrogens is 2. The van der Waals surface area contributed by atoms with E-state index < -0.39 is 10.0 Å². The smallest absolute Gasteiger partial charge is 0.246 e. The highest BCUT2D eigenvalue weighted by molar-refractivity contribution is 7.89. The number of nitrogens with one attached hydrogen (secondary N) is 2. The predicted octanol–water partition coefficient (Wildman–Crippen LogP) is 1.24. The number of hydrogen-bond acceptors (Lipinski definition) is 4. The summed E-state index contributed by atoms with van der Waals surface area (Å²) < 4.78 is 26.9. The van der Waals surface area contributed by atoms with E-state index in [0.29, 0.717) is 5.92 Å². The molecular formula is C11H20N4O2S. The molecule has 102 valence electrons. The van der Waals surface area contributed by atoms with E-state index in [0.717, 1.165) is 12.8 Å². The zero-order valence-corrected chi connectivity index (χ0v) is 11.3. The Labute approximate surface area is 107 Å². The maximum Gasteiger partial charge on any atom is 0.246 e. The van der Waals surface area contributed by atoms with Gasteiger partial charge in [0, 0.05) is 6.04 Å². The summed E-state index contributed by atoms with van der Waals surface area (Å²) in [5, 5.41) is 6.07. The molecule has 7 heteroatoms. The highest BCUT2D eigenvalue weighted by Crippen LogP contribution is 2.27. The van der Waals surface area contributed by atoms with E-state index in [1.807, 2.05) is 6.92 Å². The fourth-order valence-electron chi connectivity index (χ4n) is 2.54. The molecule has 2 rings (SSSR count). The van der Waals surface area contributed by atoms with Gasteiger partial charge in [-0.05, 0) is 25.7 Å². The van der Waals surface area contributed by atoms with E-state index in [4.69, 9.17) is 5.73 Å². The summed E-state index contributed by atoms with van der Waals surface area (Å²) >= 11 is 0. The normalized spacial score (nSPS) is 19.8. The van der Waals surface area contributed by atoms with Crippen LogP contribution in [0.2, 0.25) is 0 Å². The van der Waals surface area contributed by atoms with E-state index in [2.05, 4.69) is 14.9 Å². The lowest BCUT2D eigenvalue weighted by molar-refractivity contribution is 0.303. The molecule has 0 radical (unpaired) electrons. The van der Waals surface area contributed by atoms with Crippen LogP contribution in [0, 0.1) is 5.92 Å². The van der Waals surface area contributed by atoms with E-state index in [1.54, 1.807) is 0 Å². The van der Waals surface area contributed by atoms with Crippen LogP contribution in [0.1, 0.15) is 39.0 Å². The largest absolute Gasteiger partial charge is 0.383 e. The first-order valence-electron chi connectivity index (χ1n) is 6.32. The monoisotopic (exact) mass is 272 g/mol. The zero-order valence-electron chi connectivity index (χ0n) is 10.5. The second kappa shape index (κ2) is 5.27. The summed E-state index contributed by atoms with van der Waals surface area (Å²) in [6.07, 6.45) is 7.04. The summed E-state index contributed by atoms with van der Waals surface area (Å²) in [7, 11) is -3.56. The predicted molar refractivity (Wildman–Crippen MR) is 69.4 cm³/mol. The van der Waals surface area contributed by atoms with Gasteiger partial charge in [-0.2, -0.15) is 5.10 Å². The van der Waals surface area contributed by atoms with Gasteiger partial charge in [0.1, 0.15) is 10.7 Å². The average molecular weight is 272 g/mol. The third kappa shape index (κ3) is 2.84. The molecule has 0 spiro atoms. The Morgan fingerprint density at radius 2 is 2.11 bits per heavy atom. The molecule has 1 unspecified atom stereocenters. The Balaban J connectivity index is 2.06. The molecule has 4 N–H and O–H groups in total. The molecule has 1 atom stereocenters. The summed E-state index contributed by atoms with van der Waals surface area (Å²) in [5.74, 6) is 0.500. The second-order valence-corrected chi connectivity index (χ2v) is 6.64.